The van der Waals surface area contributed by atoms with E-state index in [4.69, 9.17) is 0 Å². The topological polar surface area (TPSA) is 56.7 Å². The van der Waals surface area contributed by atoms with E-state index in [0.29, 0.717) is 6.54 Å². The first-order chi connectivity index (χ1) is 11.7. The van der Waals surface area contributed by atoms with Crippen LogP contribution in [-0.4, -0.2) is 48.3 Å². The second kappa shape index (κ2) is 9.80. The van der Waals surface area contributed by atoms with Crippen LogP contribution in [0, 0.1) is 0 Å². The van der Waals surface area contributed by atoms with Crippen molar-refractivity contribution >= 4 is 53.0 Å². The molecule has 1 aliphatic carbocycles. The highest BCUT2D eigenvalue weighted by Gasteiger charge is 2.35. The molecular formula is C18H30IN3OS2. The van der Waals surface area contributed by atoms with E-state index < -0.39 is 5.60 Å². The molecule has 2 heterocycles. The first-order valence-electron chi connectivity index (χ1n) is 8.95. The zero-order chi connectivity index (χ0) is 16.9. The molecule has 1 atom stereocenters. The average molecular weight is 495 g/mol. The highest BCUT2D eigenvalue weighted by molar-refractivity contribution is 14.0. The van der Waals surface area contributed by atoms with Crippen LogP contribution in [0.15, 0.2) is 22.5 Å². The molecule has 2 fully saturated rings. The van der Waals surface area contributed by atoms with E-state index >= 15 is 0 Å². The summed E-state index contributed by atoms with van der Waals surface area (Å²) in [4.78, 5) is 5.85. The maximum atomic E-state index is 10.5. The van der Waals surface area contributed by atoms with Crippen molar-refractivity contribution < 1.29 is 5.11 Å². The van der Waals surface area contributed by atoms with Crippen LogP contribution in [0.1, 0.15) is 43.4 Å². The highest BCUT2D eigenvalue weighted by atomic mass is 127. The van der Waals surface area contributed by atoms with Gasteiger partial charge in [0, 0.05) is 36.2 Å². The van der Waals surface area contributed by atoms with Crippen molar-refractivity contribution in [3.8, 4) is 0 Å². The van der Waals surface area contributed by atoms with E-state index in [0.717, 1.165) is 30.4 Å². The summed E-state index contributed by atoms with van der Waals surface area (Å²) in [6, 6.07) is 4.45. The first-order valence-corrected chi connectivity index (χ1v) is 11.0. The van der Waals surface area contributed by atoms with Gasteiger partial charge in [0.05, 0.1) is 5.60 Å². The minimum absolute atomic E-state index is 0. The fourth-order valence-electron chi connectivity index (χ4n) is 3.78. The van der Waals surface area contributed by atoms with Gasteiger partial charge in [-0.3, -0.25) is 4.99 Å². The van der Waals surface area contributed by atoms with Gasteiger partial charge in [-0.1, -0.05) is 25.3 Å². The molecule has 25 heavy (non-hydrogen) atoms. The zero-order valence-corrected chi connectivity index (χ0v) is 18.9. The lowest BCUT2D eigenvalue weighted by molar-refractivity contribution is 0.0724. The number of halogens is 1. The number of thiophene rings is 1. The van der Waals surface area contributed by atoms with Crippen molar-refractivity contribution in [3.05, 3.63) is 22.4 Å². The standard InChI is InChI=1S/C18H29N3OS2.HI/c1-19-16(21-13-18(22)9-11-23-14-18)20-12-17(7-3-2-4-8-17)15-6-5-10-24-15;/h5-6,10,22H,2-4,7-9,11-14H2,1H3,(H2,19,20,21);1H. The van der Waals surface area contributed by atoms with E-state index in [9.17, 15) is 5.11 Å². The van der Waals surface area contributed by atoms with Crippen LogP contribution in [0.4, 0.5) is 0 Å². The number of hydrogen-bond donors (Lipinski definition) is 3. The summed E-state index contributed by atoms with van der Waals surface area (Å²) in [6.45, 7) is 1.49. The molecule has 1 aromatic heterocycles. The van der Waals surface area contributed by atoms with E-state index in [1.165, 1.54) is 37.0 Å². The van der Waals surface area contributed by atoms with Gasteiger partial charge in [0.2, 0.25) is 0 Å². The fourth-order valence-corrected chi connectivity index (χ4v) is 6.06. The number of guanidine groups is 1. The van der Waals surface area contributed by atoms with Crippen molar-refractivity contribution in [1.29, 1.82) is 0 Å². The Morgan fingerprint density at radius 3 is 2.56 bits per heavy atom. The van der Waals surface area contributed by atoms with E-state index in [1.54, 1.807) is 0 Å². The third kappa shape index (κ3) is 5.49. The summed E-state index contributed by atoms with van der Waals surface area (Å²) in [5.41, 5.74) is -0.345. The van der Waals surface area contributed by atoms with Crippen LogP contribution in [0.5, 0.6) is 0 Å². The lowest BCUT2D eigenvalue weighted by Crippen LogP contribution is -2.50. The van der Waals surface area contributed by atoms with Gasteiger partial charge in [0.25, 0.3) is 0 Å². The highest BCUT2D eigenvalue weighted by Crippen LogP contribution is 2.41. The molecule has 1 unspecified atom stereocenters. The maximum Gasteiger partial charge on any atom is 0.191 e. The Balaban J connectivity index is 0.00000225. The summed E-state index contributed by atoms with van der Waals surface area (Å²) >= 11 is 3.70. The minimum atomic E-state index is -0.585. The molecule has 1 saturated carbocycles. The van der Waals surface area contributed by atoms with Crippen LogP contribution >= 0.6 is 47.1 Å². The van der Waals surface area contributed by atoms with E-state index in [1.807, 2.05) is 30.1 Å². The summed E-state index contributed by atoms with van der Waals surface area (Å²) in [5.74, 6) is 2.67. The fraction of sp³-hybridized carbons (Fsp3) is 0.722. The van der Waals surface area contributed by atoms with Crippen molar-refractivity contribution in [2.75, 3.05) is 31.6 Å². The molecule has 142 valence electrons. The van der Waals surface area contributed by atoms with Crippen LogP contribution in [-0.2, 0) is 5.41 Å². The van der Waals surface area contributed by atoms with Crippen LogP contribution in [0.3, 0.4) is 0 Å². The lowest BCUT2D eigenvalue weighted by Gasteiger charge is -2.37. The Morgan fingerprint density at radius 1 is 1.20 bits per heavy atom. The largest absolute Gasteiger partial charge is 0.387 e. The molecule has 1 saturated heterocycles. The molecule has 3 rings (SSSR count). The lowest BCUT2D eigenvalue weighted by atomic mass is 9.73. The minimum Gasteiger partial charge on any atom is -0.387 e. The van der Waals surface area contributed by atoms with Gasteiger partial charge >= 0.3 is 0 Å². The number of hydrogen-bond acceptors (Lipinski definition) is 4. The first kappa shape index (κ1) is 21.3. The molecule has 1 aliphatic heterocycles. The predicted octanol–water partition coefficient (Wildman–Crippen LogP) is 3.60. The Labute approximate surface area is 176 Å². The number of rotatable bonds is 5. The van der Waals surface area contributed by atoms with Gasteiger partial charge in [-0.2, -0.15) is 11.8 Å². The van der Waals surface area contributed by atoms with Gasteiger partial charge in [-0.15, -0.1) is 35.3 Å². The SMILES string of the molecule is CN=C(NCC1(O)CCSC1)NCC1(c2cccs2)CCCCC1.I. The molecule has 0 aromatic carbocycles. The van der Waals surface area contributed by atoms with Crippen LogP contribution in [0.25, 0.3) is 0 Å². The molecule has 2 aliphatic rings. The van der Waals surface area contributed by atoms with Crippen molar-refractivity contribution in [1.82, 2.24) is 10.6 Å². The maximum absolute atomic E-state index is 10.5. The quantitative estimate of drug-likeness (QED) is 0.332. The normalized spacial score (nSPS) is 26.1. The van der Waals surface area contributed by atoms with Crippen LogP contribution < -0.4 is 10.6 Å². The molecular weight excluding hydrogens is 465 g/mol. The summed E-state index contributed by atoms with van der Waals surface area (Å²) in [5, 5.41) is 19.5. The average Bonchev–Trinajstić information content (AvgIpc) is 3.28. The van der Waals surface area contributed by atoms with Gasteiger partial charge in [-0.05, 0) is 36.5 Å². The van der Waals surface area contributed by atoms with Crippen molar-refractivity contribution in [2.24, 2.45) is 4.99 Å². The third-order valence-electron chi connectivity index (χ3n) is 5.34. The Hall–Kier alpha value is 0.01000. The van der Waals surface area contributed by atoms with Gasteiger partial charge in [-0.25, -0.2) is 0 Å². The van der Waals surface area contributed by atoms with Gasteiger partial charge in [0.1, 0.15) is 0 Å². The van der Waals surface area contributed by atoms with Crippen LogP contribution in [0.2, 0.25) is 0 Å². The molecule has 0 spiro atoms. The number of aliphatic hydroxyl groups is 1. The molecule has 1 aromatic rings. The number of aliphatic imine (C=N–C) groups is 1. The zero-order valence-electron chi connectivity index (χ0n) is 14.9. The predicted molar refractivity (Wildman–Crippen MR) is 121 cm³/mol. The number of nitrogens with one attached hydrogen (secondary N) is 2. The van der Waals surface area contributed by atoms with Crippen molar-refractivity contribution in [2.45, 2.75) is 49.5 Å². The smallest absolute Gasteiger partial charge is 0.191 e. The summed E-state index contributed by atoms with van der Waals surface area (Å²) in [6.07, 6.45) is 7.33. The van der Waals surface area contributed by atoms with Gasteiger partial charge < -0.3 is 15.7 Å². The molecule has 0 amide bonds. The summed E-state index contributed by atoms with van der Waals surface area (Å²) < 4.78 is 0. The molecule has 7 heteroatoms. The van der Waals surface area contributed by atoms with Gasteiger partial charge in [0.15, 0.2) is 5.96 Å². The third-order valence-corrected chi connectivity index (χ3v) is 7.69. The molecule has 3 N–H and O–H groups in total. The molecule has 0 bridgehead atoms. The Kier molecular flexibility index (Phi) is 8.36. The molecule has 4 nitrogen and oxygen atoms in total. The number of nitrogens with zero attached hydrogens (tertiary/aromatic N) is 1. The number of thioether (sulfide) groups is 1. The second-order valence-corrected chi connectivity index (χ2v) is 9.18. The monoisotopic (exact) mass is 495 g/mol. The second-order valence-electron chi connectivity index (χ2n) is 7.12. The Bertz CT molecular complexity index is 539. The van der Waals surface area contributed by atoms with E-state index in [-0.39, 0.29) is 29.4 Å². The Morgan fingerprint density at radius 2 is 1.96 bits per heavy atom. The van der Waals surface area contributed by atoms with Crippen molar-refractivity contribution in [3.63, 3.8) is 0 Å². The van der Waals surface area contributed by atoms with E-state index in [2.05, 4.69) is 33.1 Å². The summed E-state index contributed by atoms with van der Waals surface area (Å²) in [7, 11) is 1.81. The molecule has 0 radical (unpaired) electrons.